The number of hydrogen-bond donors (Lipinski definition) is 1. The highest BCUT2D eigenvalue weighted by Gasteiger charge is 2.50. The van der Waals surface area contributed by atoms with E-state index in [0.717, 1.165) is 41.0 Å². The molecule has 1 aliphatic rings. The maximum atomic E-state index is 12.9. The zero-order chi connectivity index (χ0) is 48.3. The molecule has 372 valence electrons. The van der Waals surface area contributed by atoms with Crippen molar-refractivity contribution >= 4 is 14.4 Å². The molecule has 3 aromatic carbocycles. The average molecular weight is 946 g/mol. The number of benzene rings is 3. The number of nitriles is 1. The SMILES string of the molecule is CCCCCCCCCCCCCCCC(=O)NCCC[C@@H]1O[C@H](COC(c2ccccc2)(c2ccc(OC)cc2)c2ccc(OC)cc2)[C@@H](OP(OCCC#N)N(C(C)C)C(C)C)[C@H]1OC. The van der Waals surface area contributed by atoms with Crippen LogP contribution in [0.3, 0.4) is 0 Å². The average Bonchev–Trinajstić information content (AvgIpc) is 3.67. The van der Waals surface area contributed by atoms with Gasteiger partial charge in [-0.05, 0) is 87.9 Å². The van der Waals surface area contributed by atoms with E-state index in [2.05, 4.69) is 62.8 Å². The quantitative estimate of drug-likeness (QED) is 0.0347. The van der Waals surface area contributed by atoms with Crippen LogP contribution < -0.4 is 14.8 Å². The summed E-state index contributed by atoms with van der Waals surface area (Å²) in [5.41, 5.74) is 1.66. The molecule has 5 atom stereocenters. The van der Waals surface area contributed by atoms with Gasteiger partial charge in [0.05, 0.1) is 46.0 Å². The number of ether oxygens (including phenoxy) is 5. The van der Waals surface area contributed by atoms with E-state index in [1.807, 2.05) is 66.7 Å². The number of unbranched alkanes of at least 4 members (excludes halogenated alkanes) is 12. The molecule has 12 heteroatoms. The van der Waals surface area contributed by atoms with Gasteiger partial charge in [-0.3, -0.25) is 4.79 Å². The first-order chi connectivity index (χ1) is 32.6. The number of hydrogen-bond acceptors (Lipinski definition) is 10. The first-order valence-electron chi connectivity index (χ1n) is 25.3. The van der Waals surface area contributed by atoms with Crippen LogP contribution in [0.5, 0.6) is 11.5 Å². The second-order valence-electron chi connectivity index (χ2n) is 18.3. The van der Waals surface area contributed by atoms with Gasteiger partial charge in [-0.2, -0.15) is 5.26 Å². The molecule has 0 saturated carbocycles. The van der Waals surface area contributed by atoms with Crippen LogP contribution in [0.1, 0.15) is 160 Å². The van der Waals surface area contributed by atoms with Crippen molar-refractivity contribution < 1.29 is 37.5 Å². The predicted octanol–water partition coefficient (Wildman–Crippen LogP) is 12.8. The lowest BCUT2D eigenvalue weighted by Gasteiger charge is -2.39. The van der Waals surface area contributed by atoms with Gasteiger partial charge >= 0.3 is 0 Å². The van der Waals surface area contributed by atoms with Crippen LogP contribution in [0.2, 0.25) is 0 Å². The normalized spacial score (nSPS) is 17.8. The zero-order valence-electron chi connectivity index (χ0n) is 42.2. The molecule has 0 spiro atoms. The van der Waals surface area contributed by atoms with Gasteiger partial charge in [-0.25, -0.2) is 4.67 Å². The summed E-state index contributed by atoms with van der Waals surface area (Å²) >= 11 is 0. The van der Waals surface area contributed by atoms with E-state index in [1.165, 1.54) is 70.6 Å². The molecular formula is C55H84N3O8P. The van der Waals surface area contributed by atoms with Crippen LogP contribution in [-0.4, -0.2) is 88.2 Å². The van der Waals surface area contributed by atoms with Crippen LogP contribution in [0.25, 0.3) is 0 Å². The zero-order valence-corrected chi connectivity index (χ0v) is 43.1. The lowest BCUT2D eigenvalue weighted by atomic mass is 9.80. The lowest BCUT2D eigenvalue weighted by molar-refractivity contribution is -0.121. The number of amides is 1. The van der Waals surface area contributed by atoms with Gasteiger partial charge in [0, 0.05) is 32.2 Å². The second-order valence-corrected chi connectivity index (χ2v) is 19.7. The van der Waals surface area contributed by atoms with E-state index in [1.54, 1.807) is 21.3 Å². The number of rotatable bonds is 35. The predicted molar refractivity (Wildman–Crippen MR) is 270 cm³/mol. The highest BCUT2D eigenvalue weighted by atomic mass is 31.2. The van der Waals surface area contributed by atoms with E-state index in [-0.39, 0.29) is 43.7 Å². The Labute approximate surface area is 405 Å². The maximum Gasteiger partial charge on any atom is 0.259 e. The summed E-state index contributed by atoms with van der Waals surface area (Å²) in [6.07, 6.45) is 16.8. The molecule has 1 aliphatic heterocycles. The van der Waals surface area contributed by atoms with Gasteiger partial charge in [-0.15, -0.1) is 0 Å². The molecule has 0 radical (unpaired) electrons. The molecule has 1 saturated heterocycles. The van der Waals surface area contributed by atoms with Crippen molar-refractivity contribution in [2.45, 2.75) is 186 Å². The van der Waals surface area contributed by atoms with Gasteiger partial charge in [0.2, 0.25) is 5.91 Å². The molecular weight excluding hydrogens is 862 g/mol. The van der Waals surface area contributed by atoms with Gasteiger partial charge < -0.3 is 38.0 Å². The second kappa shape index (κ2) is 31.5. The minimum absolute atomic E-state index is 0.0983. The summed E-state index contributed by atoms with van der Waals surface area (Å²) in [7, 11) is 3.37. The Morgan fingerprint density at radius 1 is 0.716 bits per heavy atom. The summed E-state index contributed by atoms with van der Waals surface area (Å²) in [6, 6.07) is 28.6. The number of carbonyl (C=O) groups excluding carboxylic acids is 1. The Kier molecular flexibility index (Phi) is 26.3. The molecule has 0 aromatic heterocycles. The molecule has 11 nitrogen and oxygen atoms in total. The summed E-state index contributed by atoms with van der Waals surface area (Å²) < 4.78 is 47.6. The molecule has 1 heterocycles. The number of nitrogens with one attached hydrogen (secondary N) is 1. The van der Waals surface area contributed by atoms with E-state index >= 15 is 0 Å². The van der Waals surface area contributed by atoms with Crippen molar-refractivity contribution in [1.29, 1.82) is 5.26 Å². The Morgan fingerprint density at radius 3 is 1.73 bits per heavy atom. The van der Waals surface area contributed by atoms with Gasteiger partial charge in [0.25, 0.3) is 8.53 Å². The number of nitrogens with zero attached hydrogens (tertiary/aromatic N) is 2. The third-order valence-corrected chi connectivity index (χ3v) is 14.8. The van der Waals surface area contributed by atoms with E-state index in [9.17, 15) is 10.1 Å². The third-order valence-electron chi connectivity index (χ3n) is 12.7. The smallest absolute Gasteiger partial charge is 0.259 e. The van der Waals surface area contributed by atoms with Crippen molar-refractivity contribution in [3.8, 4) is 17.6 Å². The maximum absolute atomic E-state index is 12.9. The Balaban J connectivity index is 1.50. The molecule has 1 unspecified atom stereocenters. The third kappa shape index (κ3) is 17.7. The van der Waals surface area contributed by atoms with Crippen molar-refractivity contribution in [3.63, 3.8) is 0 Å². The van der Waals surface area contributed by atoms with Crippen LogP contribution >= 0.6 is 8.53 Å². The van der Waals surface area contributed by atoms with E-state index < -0.39 is 32.4 Å². The monoisotopic (exact) mass is 946 g/mol. The Morgan fingerprint density at radius 2 is 1.24 bits per heavy atom. The molecule has 67 heavy (non-hydrogen) atoms. The topological polar surface area (TPSA) is 121 Å². The van der Waals surface area contributed by atoms with Crippen LogP contribution in [0.4, 0.5) is 0 Å². The molecule has 0 bridgehead atoms. The largest absolute Gasteiger partial charge is 0.497 e. The summed E-state index contributed by atoms with van der Waals surface area (Å²) in [6.45, 7) is 11.7. The van der Waals surface area contributed by atoms with Crippen molar-refractivity contribution in [1.82, 2.24) is 9.99 Å². The molecule has 0 aliphatic carbocycles. The van der Waals surface area contributed by atoms with Crippen LogP contribution in [0.15, 0.2) is 78.9 Å². The van der Waals surface area contributed by atoms with Gasteiger partial charge in [-0.1, -0.05) is 139 Å². The summed E-state index contributed by atoms with van der Waals surface area (Å²) in [5.74, 6) is 1.57. The van der Waals surface area contributed by atoms with Crippen molar-refractivity contribution in [2.24, 2.45) is 0 Å². The molecule has 4 rings (SSSR count). The number of carbonyl (C=O) groups is 1. The fourth-order valence-electron chi connectivity index (χ4n) is 9.19. The van der Waals surface area contributed by atoms with Crippen LogP contribution in [-0.2, 0) is 33.7 Å². The highest BCUT2D eigenvalue weighted by molar-refractivity contribution is 7.44. The Bertz CT molecular complexity index is 1750. The lowest BCUT2D eigenvalue weighted by Crippen LogP contribution is -2.43. The fourth-order valence-corrected chi connectivity index (χ4v) is 11.0. The van der Waals surface area contributed by atoms with Crippen molar-refractivity contribution in [3.05, 3.63) is 95.6 Å². The fraction of sp³-hybridized carbons (Fsp3) is 0.636. The van der Waals surface area contributed by atoms with E-state index in [0.29, 0.717) is 25.8 Å². The van der Waals surface area contributed by atoms with Gasteiger partial charge in [0.15, 0.2) is 0 Å². The van der Waals surface area contributed by atoms with E-state index in [4.69, 9.17) is 32.7 Å². The van der Waals surface area contributed by atoms with Crippen LogP contribution in [0, 0.1) is 11.3 Å². The minimum Gasteiger partial charge on any atom is -0.497 e. The highest BCUT2D eigenvalue weighted by Crippen LogP contribution is 2.50. The molecule has 1 fully saturated rings. The minimum atomic E-state index is -1.65. The summed E-state index contributed by atoms with van der Waals surface area (Å²) in [5, 5.41) is 12.6. The first kappa shape index (κ1) is 56.0. The molecule has 1 amide bonds. The molecule has 1 N–H and O–H groups in total. The summed E-state index contributed by atoms with van der Waals surface area (Å²) in [4.78, 5) is 12.9. The van der Waals surface area contributed by atoms with Crippen molar-refractivity contribution in [2.75, 3.05) is 41.1 Å². The standard InChI is InChI=1S/C55H84N3O8P/c1-9-10-11-12-13-14-15-16-17-18-19-20-24-30-52(59)57-40-25-29-50-53(62-8)54(66-67(64-41-26-39-56)58(43(2)3)44(4)5)51(65-50)42-63-55(45-27-22-21-23-28-45,46-31-35-48(60-6)36-32-46)47-33-37-49(61-7)38-34-47/h21-23,27-28,31-38,43-44,50-51,53-54H,9-20,24-26,29-30,40-42H2,1-8H3,(H,57,59)/t50-,51+,53-,54+,67?/m0/s1. The first-order valence-corrected chi connectivity index (χ1v) is 26.4. The number of methoxy groups -OCH3 is 3. The van der Waals surface area contributed by atoms with Gasteiger partial charge in [0.1, 0.15) is 35.4 Å². The molecule has 3 aromatic rings. The Hall–Kier alpha value is -3.59.